The zero-order chi connectivity index (χ0) is 21.4. The van der Waals surface area contributed by atoms with Crippen LogP contribution in [0.1, 0.15) is 18.3 Å². The van der Waals surface area contributed by atoms with Crippen LogP contribution in [0.25, 0.3) is 11.4 Å². The van der Waals surface area contributed by atoms with Crippen molar-refractivity contribution in [3.8, 4) is 11.4 Å². The first-order valence-corrected chi connectivity index (χ1v) is 9.37. The van der Waals surface area contributed by atoms with Crippen molar-refractivity contribution >= 4 is 11.9 Å². The lowest BCUT2D eigenvalue weighted by Gasteiger charge is -2.22. The number of imide groups is 1. The van der Waals surface area contributed by atoms with Crippen LogP contribution in [0.4, 0.5) is 4.79 Å². The van der Waals surface area contributed by atoms with Gasteiger partial charge in [0, 0.05) is 0 Å². The number of para-hydroxylation sites is 1. The molecule has 12 heteroatoms. The van der Waals surface area contributed by atoms with Gasteiger partial charge in [-0.05, 0) is 57.6 Å². The minimum Gasteiger partial charge on any atom is -0.319 e. The lowest BCUT2D eigenvalue weighted by atomic mass is 9.91. The van der Waals surface area contributed by atoms with Gasteiger partial charge in [-0.3, -0.25) is 9.69 Å². The highest BCUT2D eigenvalue weighted by Gasteiger charge is 2.49. The first-order valence-electron chi connectivity index (χ1n) is 9.37. The van der Waals surface area contributed by atoms with E-state index in [-0.39, 0.29) is 6.54 Å². The summed E-state index contributed by atoms with van der Waals surface area (Å²) in [6.45, 7) is 1.58. The van der Waals surface area contributed by atoms with Crippen molar-refractivity contribution in [1.82, 2.24) is 50.6 Å². The number of tetrazole rings is 2. The highest BCUT2D eigenvalue weighted by molar-refractivity contribution is 6.07. The Balaban J connectivity index is 1.45. The number of hydrogen-bond acceptors (Lipinski definition) is 8. The van der Waals surface area contributed by atoms with E-state index in [2.05, 4.69) is 36.4 Å². The summed E-state index contributed by atoms with van der Waals surface area (Å²) in [5, 5.41) is 25.6. The predicted octanol–water partition coefficient (Wildman–Crippen LogP) is 0.605. The van der Waals surface area contributed by atoms with Gasteiger partial charge >= 0.3 is 6.03 Å². The van der Waals surface area contributed by atoms with E-state index in [0.717, 1.165) is 10.6 Å². The SMILES string of the molecule is CC1(c2cccc(-n3cnnn3)c2)NC(=O)N(Cc2nnnn2-c2ccccc2)C1=O. The minimum atomic E-state index is -1.26. The molecular formula is C19H16N10O2. The van der Waals surface area contributed by atoms with Gasteiger partial charge in [-0.25, -0.2) is 9.48 Å². The molecule has 3 heterocycles. The average Bonchev–Trinajstić information content (AvgIpc) is 3.53. The van der Waals surface area contributed by atoms with Crippen molar-refractivity contribution in [2.24, 2.45) is 0 Å². The highest BCUT2D eigenvalue weighted by Crippen LogP contribution is 2.30. The van der Waals surface area contributed by atoms with Gasteiger partial charge in [0.1, 0.15) is 11.9 Å². The zero-order valence-corrected chi connectivity index (χ0v) is 16.3. The Kier molecular flexibility index (Phi) is 4.24. The molecule has 0 radical (unpaired) electrons. The number of amides is 3. The van der Waals surface area contributed by atoms with Crippen molar-refractivity contribution in [2.45, 2.75) is 19.0 Å². The molecule has 4 aromatic rings. The number of hydrogen-bond donors (Lipinski definition) is 1. The van der Waals surface area contributed by atoms with E-state index in [0.29, 0.717) is 17.1 Å². The zero-order valence-electron chi connectivity index (χ0n) is 16.3. The molecule has 1 saturated heterocycles. The first-order chi connectivity index (χ1) is 15.1. The third kappa shape index (κ3) is 3.10. The maximum absolute atomic E-state index is 13.3. The fourth-order valence-corrected chi connectivity index (χ4v) is 3.49. The molecule has 0 saturated carbocycles. The maximum atomic E-state index is 13.3. The predicted molar refractivity (Wildman–Crippen MR) is 105 cm³/mol. The molecule has 2 aromatic carbocycles. The molecule has 1 aliphatic heterocycles. The molecule has 1 atom stereocenters. The topological polar surface area (TPSA) is 137 Å². The molecule has 1 aliphatic rings. The molecule has 0 aliphatic carbocycles. The van der Waals surface area contributed by atoms with Gasteiger partial charge in [-0.1, -0.05) is 30.3 Å². The molecule has 0 spiro atoms. The maximum Gasteiger partial charge on any atom is 0.325 e. The summed E-state index contributed by atoms with van der Waals surface area (Å²) in [6.07, 6.45) is 1.45. The minimum absolute atomic E-state index is 0.0746. The van der Waals surface area contributed by atoms with Crippen LogP contribution in [0.5, 0.6) is 0 Å². The Morgan fingerprint density at radius 2 is 1.77 bits per heavy atom. The number of urea groups is 1. The Morgan fingerprint density at radius 1 is 0.968 bits per heavy atom. The van der Waals surface area contributed by atoms with Gasteiger partial charge in [0.05, 0.1) is 17.9 Å². The lowest BCUT2D eigenvalue weighted by Crippen LogP contribution is -2.41. The summed E-state index contributed by atoms with van der Waals surface area (Å²) in [7, 11) is 0. The van der Waals surface area contributed by atoms with E-state index < -0.39 is 17.5 Å². The van der Waals surface area contributed by atoms with Gasteiger partial charge < -0.3 is 5.32 Å². The Bertz CT molecular complexity index is 1250. The lowest BCUT2D eigenvalue weighted by molar-refractivity contribution is -0.131. The van der Waals surface area contributed by atoms with Crippen LogP contribution in [0, 0.1) is 0 Å². The molecule has 3 amide bonds. The van der Waals surface area contributed by atoms with E-state index in [1.807, 2.05) is 30.3 Å². The van der Waals surface area contributed by atoms with Crippen molar-refractivity contribution in [3.63, 3.8) is 0 Å². The first kappa shape index (κ1) is 18.5. The van der Waals surface area contributed by atoms with Crippen molar-refractivity contribution < 1.29 is 9.59 Å². The van der Waals surface area contributed by atoms with Gasteiger partial charge in [0.25, 0.3) is 5.91 Å². The van der Waals surface area contributed by atoms with Gasteiger partial charge in [0.15, 0.2) is 5.82 Å². The van der Waals surface area contributed by atoms with Crippen LogP contribution < -0.4 is 5.32 Å². The second-order valence-corrected chi connectivity index (χ2v) is 7.09. The van der Waals surface area contributed by atoms with Crippen LogP contribution in [-0.4, -0.2) is 57.3 Å². The van der Waals surface area contributed by atoms with E-state index in [1.54, 1.807) is 31.2 Å². The third-order valence-electron chi connectivity index (χ3n) is 5.15. The largest absolute Gasteiger partial charge is 0.325 e. The van der Waals surface area contributed by atoms with Crippen LogP contribution in [0.2, 0.25) is 0 Å². The Labute approximate surface area is 175 Å². The van der Waals surface area contributed by atoms with Crippen molar-refractivity contribution in [2.75, 3.05) is 0 Å². The van der Waals surface area contributed by atoms with Gasteiger partial charge in [-0.15, -0.1) is 10.2 Å². The number of rotatable bonds is 5. The molecule has 154 valence electrons. The Morgan fingerprint density at radius 3 is 2.55 bits per heavy atom. The number of nitrogens with zero attached hydrogens (tertiary/aromatic N) is 9. The smallest absolute Gasteiger partial charge is 0.319 e. The Hall–Kier alpha value is -4.48. The van der Waals surface area contributed by atoms with Crippen LogP contribution >= 0.6 is 0 Å². The van der Waals surface area contributed by atoms with E-state index in [1.165, 1.54) is 15.7 Å². The molecule has 1 fully saturated rings. The number of carbonyl (C=O) groups excluding carboxylic acids is 2. The number of aromatic nitrogens is 8. The molecule has 0 bridgehead atoms. The van der Waals surface area contributed by atoms with Gasteiger partial charge in [0.2, 0.25) is 0 Å². The van der Waals surface area contributed by atoms with Crippen molar-refractivity contribution in [1.29, 1.82) is 0 Å². The van der Waals surface area contributed by atoms with Crippen LogP contribution in [0.15, 0.2) is 60.9 Å². The molecule has 2 aromatic heterocycles. The fraction of sp³-hybridized carbons (Fsp3) is 0.158. The second-order valence-electron chi connectivity index (χ2n) is 7.09. The molecule has 12 nitrogen and oxygen atoms in total. The summed E-state index contributed by atoms with van der Waals surface area (Å²) in [5.41, 5.74) is 0.735. The quantitative estimate of drug-likeness (QED) is 0.467. The number of nitrogens with one attached hydrogen (secondary N) is 1. The molecule has 31 heavy (non-hydrogen) atoms. The van der Waals surface area contributed by atoms with Crippen molar-refractivity contribution in [3.05, 3.63) is 72.3 Å². The molecule has 5 rings (SSSR count). The van der Waals surface area contributed by atoms with E-state index in [9.17, 15) is 9.59 Å². The highest BCUT2D eigenvalue weighted by atomic mass is 16.2. The summed E-state index contributed by atoms with van der Waals surface area (Å²) >= 11 is 0. The summed E-state index contributed by atoms with van der Waals surface area (Å²) < 4.78 is 2.97. The molecule has 1 N–H and O–H groups in total. The number of benzene rings is 2. The summed E-state index contributed by atoms with van der Waals surface area (Å²) in [4.78, 5) is 27.2. The average molecular weight is 416 g/mol. The monoisotopic (exact) mass is 416 g/mol. The molecular weight excluding hydrogens is 400 g/mol. The molecule has 1 unspecified atom stereocenters. The normalized spacial score (nSPS) is 18.4. The summed E-state index contributed by atoms with van der Waals surface area (Å²) in [6, 6.07) is 15.8. The third-order valence-corrected chi connectivity index (χ3v) is 5.15. The van der Waals surface area contributed by atoms with E-state index in [4.69, 9.17) is 0 Å². The van der Waals surface area contributed by atoms with Crippen LogP contribution in [-0.2, 0) is 16.9 Å². The summed E-state index contributed by atoms with van der Waals surface area (Å²) in [5.74, 6) is -0.0460. The standard InChI is InChI=1S/C19H16N10O2/c1-19(13-6-5-9-15(10-13)28-12-20-23-25-28)17(30)27(18(31)21-19)11-16-22-24-26-29(16)14-7-3-2-4-8-14/h2-10,12H,11H2,1H3,(H,21,31). The van der Waals surface area contributed by atoms with E-state index >= 15 is 0 Å². The van der Waals surface area contributed by atoms with Gasteiger partial charge in [-0.2, -0.15) is 4.68 Å². The fourth-order valence-electron chi connectivity index (χ4n) is 3.49. The second kappa shape index (κ2) is 7.09. The number of carbonyl (C=O) groups is 2. The van der Waals surface area contributed by atoms with Crippen LogP contribution in [0.3, 0.4) is 0 Å².